The molecule has 5 heteroatoms. The molecule has 1 aromatic rings. The highest BCUT2D eigenvalue weighted by atomic mass is 19.3. The summed E-state index contributed by atoms with van der Waals surface area (Å²) >= 11 is 0. The van der Waals surface area contributed by atoms with Crippen molar-refractivity contribution in [2.45, 2.75) is 19.8 Å². The minimum absolute atomic E-state index is 0.0518. The number of ether oxygens (including phenoxy) is 1. The SMILES string of the molecule is COc1c(C(=O)CCN)cc(C)cc1C(F)F. The fourth-order valence-electron chi connectivity index (χ4n) is 1.66. The summed E-state index contributed by atoms with van der Waals surface area (Å²) in [6.07, 6.45) is -2.56. The maximum absolute atomic E-state index is 12.8. The summed E-state index contributed by atoms with van der Waals surface area (Å²) in [5, 5.41) is 0. The van der Waals surface area contributed by atoms with E-state index >= 15 is 0 Å². The number of alkyl halides is 2. The fourth-order valence-corrected chi connectivity index (χ4v) is 1.66. The Morgan fingerprint density at radius 2 is 2.12 bits per heavy atom. The van der Waals surface area contributed by atoms with Crippen molar-refractivity contribution >= 4 is 5.78 Å². The first-order valence-corrected chi connectivity index (χ1v) is 5.21. The van der Waals surface area contributed by atoms with Crippen LogP contribution >= 0.6 is 0 Å². The van der Waals surface area contributed by atoms with E-state index in [0.717, 1.165) is 0 Å². The minimum atomic E-state index is -2.67. The van der Waals surface area contributed by atoms with E-state index in [4.69, 9.17) is 10.5 Å². The predicted octanol–water partition coefficient (Wildman–Crippen LogP) is 2.47. The van der Waals surface area contributed by atoms with Gasteiger partial charge in [0.05, 0.1) is 18.2 Å². The molecule has 2 N–H and O–H groups in total. The Morgan fingerprint density at radius 1 is 1.47 bits per heavy atom. The average molecular weight is 243 g/mol. The number of rotatable bonds is 5. The van der Waals surface area contributed by atoms with Crippen LogP contribution in [0.1, 0.15) is 34.3 Å². The molecule has 0 aliphatic carbocycles. The van der Waals surface area contributed by atoms with Crippen LogP contribution in [0, 0.1) is 6.92 Å². The molecule has 1 aromatic carbocycles. The lowest BCUT2D eigenvalue weighted by atomic mass is 10.00. The maximum atomic E-state index is 12.8. The van der Waals surface area contributed by atoms with Crippen LogP contribution in [0.2, 0.25) is 0 Å². The highest BCUT2D eigenvalue weighted by molar-refractivity contribution is 5.99. The van der Waals surface area contributed by atoms with Gasteiger partial charge in [0.2, 0.25) is 0 Å². The Bertz CT molecular complexity index is 419. The van der Waals surface area contributed by atoms with Gasteiger partial charge in [0, 0.05) is 6.42 Å². The minimum Gasteiger partial charge on any atom is -0.495 e. The van der Waals surface area contributed by atoms with E-state index in [2.05, 4.69) is 0 Å². The van der Waals surface area contributed by atoms with Crippen molar-refractivity contribution in [3.05, 3.63) is 28.8 Å². The number of halogens is 2. The molecule has 0 aliphatic rings. The third kappa shape index (κ3) is 3.00. The van der Waals surface area contributed by atoms with Crippen LogP contribution in [0.15, 0.2) is 12.1 Å². The van der Waals surface area contributed by atoms with E-state index in [-0.39, 0.29) is 35.6 Å². The number of carbonyl (C=O) groups excluding carboxylic acids is 1. The van der Waals surface area contributed by atoms with Gasteiger partial charge in [-0.3, -0.25) is 4.79 Å². The van der Waals surface area contributed by atoms with Crippen LogP contribution in [0.25, 0.3) is 0 Å². The summed E-state index contributed by atoms with van der Waals surface area (Å²) in [6, 6.07) is 2.87. The molecule has 0 fully saturated rings. The number of methoxy groups -OCH3 is 1. The molecular weight excluding hydrogens is 228 g/mol. The van der Waals surface area contributed by atoms with E-state index in [1.165, 1.54) is 13.2 Å². The van der Waals surface area contributed by atoms with Crippen LogP contribution in [-0.4, -0.2) is 19.4 Å². The van der Waals surface area contributed by atoms with E-state index in [9.17, 15) is 13.6 Å². The Kier molecular flexibility index (Phi) is 4.57. The molecule has 0 aliphatic heterocycles. The van der Waals surface area contributed by atoms with Gasteiger partial charge in [-0.15, -0.1) is 0 Å². The number of nitrogens with two attached hydrogens (primary N) is 1. The quantitative estimate of drug-likeness (QED) is 0.808. The van der Waals surface area contributed by atoms with Gasteiger partial charge in [0.1, 0.15) is 5.75 Å². The Morgan fingerprint density at radius 3 is 2.59 bits per heavy atom. The molecular formula is C12H15F2NO2. The van der Waals surface area contributed by atoms with Gasteiger partial charge in [-0.25, -0.2) is 8.78 Å². The van der Waals surface area contributed by atoms with Crippen molar-refractivity contribution in [3.63, 3.8) is 0 Å². The van der Waals surface area contributed by atoms with Gasteiger partial charge < -0.3 is 10.5 Å². The first-order chi connectivity index (χ1) is 8.01. The summed E-state index contributed by atoms with van der Waals surface area (Å²) in [6.45, 7) is 1.84. The zero-order valence-electron chi connectivity index (χ0n) is 9.80. The van der Waals surface area contributed by atoms with E-state index in [1.807, 2.05) is 0 Å². The number of hydrogen-bond acceptors (Lipinski definition) is 3. The highest BCUT2D eigenvalue weighted by Crippen LogP contribution is 2.33. The molecule has 0 atom stereocenters. The monoisotopic (exact) mass is 243 g/mol. The molecule has 0 radical (unpaired) electrons. The molecule has 0 spiro atoms. The Hall–Kier alpha value is -1.49. The van der Waals surface area contributed by atoms with Gasteiger partial charge in [0.15, 0.2) is 5.78 Å². The summed E-state index contributed by atoms with van der Waals surface area (Å²) < 4.78 is 30.5. The van der Waals surface area contributed by atoms with Crippen molar-refractivity contribution in [1.82, 2.24) is 0 Å². The van der Waals surface area contributed by atoms with Gasteiger partial charge in [-0.1, -0.05) is 0 Å². The molecule has 0 amide bonds. The van der Waals surface area contributed by atoms with Crippen molar-refractivity contribution in [3.8, 4) is 5.75 Å². The first kappa shape index (κ1) is 13.6. The largest absolute Gasteiger partial charge is 0.495 e. The molecule has 0 saturated heterocycles. The number of ketones is 1. The second-order valence-electron chi connectivity index (χ2n) is 3.70. The van der Waals surface area contributed by atoms with Crippen molar-refractivity contribution in [2.75, 3.05) is 13.7 Å². The van der Waals surface area contributed by atoms with Crippen LogP contribution < -0.4 is 10.5 Å². The van der Waals surface area contributed by atoms with Crippen molar-refractivity contribution in [1.29, 1.82) is 0 Å². The third-order valence-corrected chi connectivity index (χ3v) is 2.37. The molecule has 0 bridgehead atoms. The number of hydrogen-bond donors (Lipinski definition) is 1. The summed E-state index contributed by atoms with van der Waals surface area (Å²) in [7, 11) is 1.27. The van der Waals surface area contributed by atoms with Crippen molar-refractivity contribution < 1.29 is 18.3 Å². The lowest BCUT2D eigenvalue weighted by molar-refractivity contribution is 0.0981. The molecule has 0 saturated carbocycles. The van der Waals surface area contributed by atoms with Crippen LogP contribution in [0.3, 0.4) is 0 Å². The normalized spacial score (nSPS) is 10.7. The number of aryl methyl sites for hydroxylation is 1. The second-order valence-corrected chi connectivity index (χ2v) is 3.70. The number of Topliss-reactive ketones (excluding diaryl/α,β-unsaturated/α-hetero) is 1. The summed E-state index contributed by atoms with van der Waals surface area (Å²) in [4.78, 5) is 11.7. The molecule has 1 rings (SSSR count). The molecule has 17 heavy (non-hydrogen) atoms. The Balaban J connectivity index is 3.32. The smallest absolute Gasteiger partial charge is 0.267 e. The van der Waals surface area contributed by atoms with Crippen LogP contribution in [-0.2, 0) is 0 Å². The van der Waals surface area contributed by atoms with Gasteiger partial charge in [-0.2, -0.15) is 0 Å². The standard InChI is InChI=1S/C12H15F2NO2/c1-7-5-8(10(16)3-4-15)11(17-2)9(6-7)12(13)14/h5-6,12H,3-4,15H2,1-2H3. The topological polar surface area (TPSA) is 52.3 Å². The van der Waals surface area contributed by atoms with Gasteiger partial charge in [-0.05, 0) is 31.2 Å². The number of carbonyl (C=O) groups is 1. The predicted molar refractivity (Wildman–Crippen MR) is 60.7 cm³/mol. The summed E-state index contributed by atoms with van der Waals surface area (Å²) in [5.74, 6) is -0.334. The molecule has 0 unspecified atom stereocenters. The molecule has 3 nitrogen and oxygen atoms in total. The maximum Gasteiger partial charge on any atom is 0.267 e. The zero-order chi connectivity index (χ0) is 13.0. The first-order valence-electron chi connectivity index (χ1n) is 5.21. The molecule has 0 aromatic heterocycles. The summed E-state index contributed by atoms with van der Waals surface area (Å²) in [5.41, 5.74) is 5.80. The van der Waals surface area contributed by atoms with Gasteiger partial charge >= 0.3 is 0 Å². The van der Waals surface area contributed by atoms with Gasteiger partial charge in [0.25, 0.3) is 6.43 Å². The van der Waals surface area contributed by atoms with E-state index < -0.39 is 6.43 Å². The Labute approximate surface area is 98.6 Å². The van der Waals surface area contributed by atoms with Crippen molar-refractivity contribution in [2.24, 2.45) is 5.73 Å². The zero-order valence-corrected chi connectivity index (χ0v) is 9.80. The number of benzene rings is 1. The lowest BCUT2D eigenvalue weighted by Gasteiger charge is -2.13. The second kappa shape index (κ2) is 5.72. The van der Waals surface area contributed by atoms with Crippen LogP contribution in [0.5, 0.6) is 5.75 Å². The average Bonchev–Trinajstić information content (AvgIpc) is 2.28. The fraction of sp³-hybridized carbons (Fsp3) is 0.417. The lowest BCUT2D eigenvalue weighted by Crippen LogP contribution is -2.11. The van der Waals surface area contributed by atoms with E-state index in [0.29, 0.717) is 5.56 Å². The third-order valence-electron chi connectivity index (χ3n) is 2.37. The molecule has 0 heterocycles. The van der Waals surface area contributed by atoms with E-state index in [1.54, 1.807) is 13.0 Å². The highest BCUT2D eigenvalue weighted by Gasteiger charge is 2.21. The van der Waals surface area contributed by atoms with Crippen LogP contribution in [0.4, 0.5) is 8.78 Å². The molecule has 94 valence electrons.